The van der Waals surface area contributed by atoms with Gasteiger partial charge in [-0.2, -0.15) is 0 Å². The van der Waals surface area contributed by atoms with Crippen molar-refractivity contribution in [3.63, 3.8) is 0 Å². The van der Waals surface area contributed by atoms with Crippen LogP contribution in [0, 0.1) is 0 Å². The smallest absolute Gasteiger partial charge is 0.331 e. The van der Waals surface area contributed by atoms with Crippen molar-refractivity contribution >= 4 is 5.97 Å². The number of aliphatic carboxylic acids is 1. The van der Waals surface area contributed by atoms with E-state index in [1.54, 1.807) is 0 Å². The normalized spacial score (nSPS) is 12.1. The summed E-state index contributed by atoms with van der Waals surface area (Å²) in [7, 11) is 0. The molecule has 0 amide bonds. The summed E-state index contributed by atoms with van der Waals surface area (Å²) < 4.78 is 0. The zero-order valence-corrected chi connectivity index (χ0v) is 23.3. The largest absolute Gasteiger partial charge is 0.478 e. The summed E-state index contributed by atoms with van der Waals surface area (Å²) in [6.45, 7) is 4.54. The van der Waals surface area contributed by atoms with Crippen molar-refractivity contribution < 1.29 is 9.90 Å². The number of hydrogen-bond donors (Lipinski definition) is 1. The Hall–Kier alpha value is -1.05. The van der Waals surface area contributed by atoms with Gasteiger partial charge in [0, 0.05) is 5.57 Å². The quantitative estimate of drug-likeness (QED) is 0.0727. The van der Waals surface area contributed by atoms with Gasteiger partial charge in [0.1, 0.15) is 0 Å². The van der Waals surface area contributed by atoms with E-state index < -0.39 is 5.97 Å². The highest BCUT2D eigenvalue weighted by Gasteiger charge is 2.05. The summed E-state index contributed by atoms with van der Waals surface area (Å²) in [4.78, 5) is 11.5. The summed E-state index contributed by atoms with van der Waals surface area (Å²) in [5.74, 6) is -0.749. The first-order valence-electron chi connectivity index (χ1n) is 15.3. The van der Waals surface area contributed by atoms with E-state index in [4.69, 9.17) is 0 Å². The summed E-state index contributed by atoms with van der Waals surface area (Å²) in [5, 5.41) is 9.44. The Balaban J connectivity index is 3.58. The van der Waals surface area contributed by atoms with Gasteiger partial charge in [-0.1, -0.05) is 167 Å². The summed E-state index contributed by atoms with van der Waals surface area (Å²) in [5.41, 5.74) is 0.571. The molecular formula is C32H60O2. The van der Waals surface area contributed by atoms with E-state index in [2.05, 4.69) is 19.9 Å². The second kappa shape index (κ2) is 28.2. The molecule has 0 unspecified atom stereocenters. The van der Waals surface area contributed by atoms with Crippen molar-refractivity contribution in [3.05, 3.63) is 23.8 Å². The predicted octanol–water partition coefficient (Wildman–Crippen LogP) is 11.3. The van der Waals surface area contributed by atoms with E-state index in [0.717, 1.165) is 19.3 Å². The van der Waals surface area contributed by atoms with Crippen LogP contribution in [-0.4, -0.2) is 11.1 Å². The molecule has 0 radical (unpaired) electrons. The van der Waals surface area contributed by atoms with E-state index in [-0.39, 0.29) is 0 Å². The molecule has 0 aromatic carbocycles. The third-order valence-electron chi connectivity index (χ3n) is 6.98. The number of allylic oxidation sites excluding steroid dienone is 3. The average molecular weight is 477 g/mol. The minimum Gasteiger partial charge on any atom is -0.478 e. The fourth-order valence-corrected chi connectivity index (χ4v) is 4.62. The standard InChI is InChI=1S/C32H60O2/c1-3-5-7-9-11-13-15-16-17-18-19-20-22-24-26-28-30-31(32(33)34)29-27-25-23-21-14-12-10-8-6-4-2/h26,28,30H,3-25,27,29H2,1-2H3,(H,33,34). The lowest BCUT2D eigenvalue weighted by Gasteiger charge is -2.03. The predicted molar refractivity (Wildman–Crippen MR) is 152 cm³/mol. The molecule has 200 valence electrons. The zero-order chi connectivity index (χ0) is 25.0. The number of carboxylic acids is 1. The Morgan fingerprint density at radius 2 is 0.882 bits per heavy atom. The highest BCUT2D eigenvalue weighted by Crippen LogP contribution is 2.15. The molecule has 2 nitrogen and oxygen atoms in total. The van der Waals surface area contributed by atoms with Crippen LogP contribution in [0.4, 0.5) is 0 Å². The Bertz CT molecular complexity index is 477. The number of unbranched alkanes of at least 4 members (excludes halogenated alkanes) is 22. The second-order valence-electron chi connectivity index (χ2n) is 10.4. The molecule has 0 saturated carbocycles. The van der Waals surface area contributed by atoms with Gasteiger partial charge < -0.3 is 5.11 Å². The van der Waals surface area contributed by atoms with Crippen molar-refractivity contribution in [2.24, 2.45) is 0 Å². The van der Waals surface area contributed by atoms with Crippen molar-refractivity contribution in [2.75, 3.05) is 0 Å². The van der Waals surface area contributed by atoms with E-state index >= 15 is 0 Å². The third-order valence-corrected chi connectivity index (χ3v) is 6.98. The maximum Gasteiger partial charge on any atom is 0.331 e. The summed E-state index contributed by atoms with van der Waals surface area (Å²) >= 11 is 0. The van der Waals surface area contributed by atoms with Crippen LogP contribution in [0.3, 0.4) is 0 Å². The summed E-state index contributed by atoms with van der Waals surface area (Å²) in [6, 6.07) is 0. The molecule has 0 aromatic heterocycles. The second-order valence-corrected chi connectivity index (χ2v) is 10.4. The van der Waals surface area contributed by atoms with Gasteiger partial charge in [-0.3, -0.25) is 0 Å². The monoisotopic (exact) mass is 476 g/mol. The van der Waals surface area contributed by atoms with Crippen LogP contribution < -0.4 is 0 Å². The molecule has 0 aliphatic carbocycles. The van der Waals surface area contributed by atoms with Crippen molar-refractivity contribution in [1.82, 2.24) is 0 Å². The lowest BCUT2D eigenvalue weighted by Crippen LogP contribution is -2.00. The van der Waals surface area contributed by atoms with Gasteiger partial charge in [0.05, 0.1) is 0 Å². The van der Waals surface area contributed by atoms with Crippen LogP contribution in [0.25, 0.3) is 0 Å². The van der Waals surface area contributed by atoms with E-state index in [9.17, 15) is 9.90 Å². The topological polar surface area (TPSA) is 37.3 Å². The number of rotatable bonds is 27. The third kappa shape index (κ3) is 25.6. The molecule has 0 aliphatic rings. The fraction of sp³-hybridized carbons (Fsp3) is 0.844. The molecule has 0 spiro atoms. The van der Waals surface area contributed by atoms with Crippen LogP contribution >= 0.6 is 0 Å². The highest BCUT2D eigenvalue weighted by molar-refractivity contribution is 5.86. The molecule has 1 N–H and O–H groups in total. The first kappa shape index (κ1) is 33.0. The fourth-order valence-electron chi connectivity index (χ4n) is 4.62. The highest BCUT2D eigenvalue weighted by atomic mass is 16.4. The van der Waals surface area contributed by atoms with Gasteiger partial charge >= 0.3 is 5.97 Å². The molecule has 0 rings (SSSR count). The van der Waals surface area contributed by atoms with E-state index in [0.29, 0.717) is 12.0 Å². The van der Waals surface area contributed by atoms with Gasteiger partial charge in [0.15, 0.2) is 0 Å². The van der Waals surface area contributed by atoms with E-state index in [1.165, 1.54) is 135 Å². The van der Waals surface area contributed by atoms with Crippen molar-refractivity contribution in [2.45, 2.75) is 174 Å². The first-order valence-corrected chi connectivity index (χ1v) is 15.3. The molecule has 0 fully saturated rings. The van der Waals surface area contributed by atoms with Crippen LogP contribution in [0.2, 0.25) is 0 Å². The molecule has 34 heavy (non-hydrogen) atoms. The zero-order valence-electron chi connectivity index (χ0n) is 23.3. The van der Waals surface area contributed by atoms with Gasteiger partial charge in [-0.05, 0) is 25.7 Å². The molecule has 2 heteroatoms. The number of carbonyl (C=O) groups is 1. The average Bonchev–Trinajstić information content (AvgIpc) is 2.83. The van der Waals surface area contributed by atoms with E-state index in [1.807, 2.05) is 12.2 Å². The molecule has 0 bridgehead atoms. The number of carboxylic acid groups (broad SMARTS) is 1. The Morgan fingerprint density at radius 1 is 0.529 bits per heavy atom. The molecular weight excluding hydrogens is 416 g/mol. The minimum atomic E-state index is -0.749. The Labute approximate surface area is 214 Å². The maximum atomic E-state index is 11.5. The van der Waals surface area contributed by atoms with Gasteiger partial charge in [-0.25, -0.2) is 4.79 Å². The lowest BCUT2D eigenvalue weighted by molar-refractivity contribution is -0.132. The SMILES string of the molecule is CCCCCCCCCCCCCCCC=CC=C(CCCCCCCCCCCC)C(=O)O. The number of hydrogen-bond acceptors (Lipinski definition) is 1. The van der Waals surface area contributed by atoms with Crippen molar-refractivity contribution in [3.8, 4) is 0 Å². The lowest BCUT2D eigenvalue weighted by atomic mass is 10.0. The molecule has 0 saturated heterocycles. The minimum absolute atomic E-state index is 0.571. The Morgan fingerprint density at radius 3 is 1.26 bits per heavy atom. The Kier molecular flexibility index (Phi) is 27.3. The van der Waals surface area contributed by atoms with Crippen LogP contribution in [0.15, 0.2) is 23.8 Å². The van der Waals surface area contributed by atoms with Crippen molar-refractivity contribution in [1.29, 1.82) is 0 Å². The van der Waals surface area contributed by atoms with Gasteiger partial charge in [-0.15, -0.1) is 0 Å². The van der Waals surface area contributed by atoms with Crippen LogP contribution in [0.5, 0.6) is 0 Å². The molecule has 0 atom stereocenters. The maximum absolute atomic E-state index is 11.5. The van der Waals surface area contributed by atoms with Gasteiger partial charge in [0.25, 0.3) is 0 Å². The summed E-state index contributed by atoms with van der Waals surface area (Å²) in [6.07, 6.45) is 38.6. The molecule has 0 heterocycles. The first-order chi connectivity index (χ1) is 16.7. The van der Waals surface area contributed by atoms with Crippen LogP contribution in [-0.2, 0) is 4.79 Å². The molecule has 0 aliphatic heterocycles. The van der Waals surface area contributed by atoms with Gasteiger partial charge in [0.2, 0.25) is 0 Å². The van der Waals surface area contributed by atoms with Crippen LogP contribution in [0.1, 0.15) is 174 Å². The molecule has 0 aromatic rings.